The number of amides is 1. The first kappa shape index (κ1) is 14.7. The molecule has 5 heteroatoms. The van der Waals surface area contributed by atoms with Crippen molar-refractivity contribution in [2.24, 2.45) is 0 Å². The topological polar surface area (TPSA) is 49.3 Å². The molecule has 1 amide bonds. The van der Waals surface area contributed by atoms with Crippen molar-refractivity contribution in [1.82, 2.24) is 5.32 Å². The van der Waals surface area contributed by atoms with Gasteiger partial charge in [-0.05, 0) is 37.0 Å². The highest BCUT2D eigenvalue weighted by Crippen LogP contribution is 2.30. The van der Waals surface area contributed by atoms with E-state index in [0.717, 1.165) is 35.6 Å². The molecule has 0 bridgehead atoms. The molecule has 0 unspecified atom stereocenters. The molecule has 2 N–H and O–H groups in total. The summed E-state index contributed by atoms with van der Waals surface area (Å²) in [4.78, 5) is 11.6. The first-order valence-corrected chi connectivity index (χ1v) is 7.92. The second-order valence-corrected chi connectivity index (χ2v) is 6.40. The Balaban J connectivity index is 1.62. The zero-order valence-corrected chi connectivity index (χ0v) is 12.3. The van der Waals surface area contributed by atoms with Crippen molar-refractivity contribution in [3.05, 3.63) is 34.9 Å². The minimum Gasteiger partial charge on any atom is -0.388 e. The van der Waals surface area contributed by atoms with Gasteiger partial charge < -0.3 is 10.4 Å². The van der Waals surface area contributed by atoms with E-state index in [1.165, 1.54) is 0 Å². The Kier molecular flexibility index (Phi) is 5.13. The van der Waals surface area contributed by atoms with Gasteiger partial charge in [0.25, 0.3) is 0 Å². The summed E-state index contributed by atoms with van der Waals surface area (Å²) in [5.41, 5.74) is 0.510. The van der Waals surface area contributed by atoms with Crippen LogP contribution in [-0.4, -0.2) is 28.9 Å². The van der Waals surface area contributed by atoms with Crippen LogP contribution in [0.5, 0.6) is 0 Å². The lowest BCUT2D eigenvalue weighted by molar-refractivity contribution is -0.121. The standard InChI is InChI=1S/C14H18ClNO2S/c15-12-4-2-11(3-5-12)8-19-9-13(17)16-10-14(18)6-1-7-14/h2-5,18H,1,6-10H2,(H,16,17). The molecule has 0 heterocycles. The Hall–Kier alpha value is -0.710. The second kappa shape index (κ2) is 6.64. The molecule has 104 valence electrons. The van der Waals surface area contributed by atoms with Crippen molar-refractivity contribution in [1.29, 1.82) is 0 Å². The molecule has 0 atom stereocenters. The summed E-state index contributed by atoms with van der Waals surface area (Å²) >= 11 is 7.36. The SMILES string of the molecule is O=C(CSCc1ccc(Cl)cc1)NCC1(O)CCC1. The molecule has 1 saturated carbocycles. The number of aliphatic hydroxyl groups is 1. The van der Waals surface area contributed by atoms with Gasteiger partial charge in [-0.1, -0.05) is 23.7 Å². The number of nitrogens with one attached hydrogen (secondary N) is 1. The minimum atomic E-state index is -0.642. The van der Waals surface area contributed by atoms with Crippen molar-refractivity contribution in [2.45, 2.75) is 30.6 Å². The van der Waals surface area contributed by atoms with Crippen LogP contribution in [-0.2, 0) is 10.5 Å². The van der Waals surface area contributed by atoms with Crippen molar-refractivity contribution in [3.63, 3.8) is 0 Å². The quantitative estimate of drug-likeness (QED) is 0.849. The van der Waals surface area contributed by atoms with E-state index in [0.29, 0.717) is 12.3 Å². The van der Waals surface area contributed by atoms with E-state index in [2.05, 4.69) is 5.32 Å². The summed E-state index contributed by atoms with van der Waals surface area (Å²) in [5, 5.41) is 13.4. The molecule has 0 aliphatic heterocycles. The van der Waals surface area contributed by atoms with Crippen LogP contribution in [0.2, 0.25) is 5.02 Å². The van der Waals surface area contributed by atoms with Crippen LogP contribution in [0.1, 0.15) is 24.8 Å². The maximum absolute atomic E-state index is 11.6. The highest BCUT2D eigenvalue weighted by molar-refractivity contribution is 7.99. The summed E-state index contributed by atoms with van der Waals surface area (Å²) in [6.45, 7) is 0.382. The fourth-order valence-electron chi connectivity index (χ4n) is 1.92. The molecule has 0 saturated heterocycles. The first-order valence-electron chi connectivity index (χ1n) is 6.39. The molecule has 1 aromatic carbocycles. The monoisotopic (exact) mass is 299 g/mol. The van der Waals surface area contributed by atoms with Crippen molar-refractivity contribution >= 4 is 29.3 Å². The third-order valence-electron chi connectivity index (χ3n) is 3.31. The largest absolute Gasteiger partial charge is 0.388 e. The second-order valence-electron chi connectivity index (χ2n) is 4.97. The Morgan fingerprint density at radius 2 is 2.05 bits per heavy atom. The number of carbonyl (C=O) groups is 1. The fraction of sp³-hybridized carbons (Fsp3) is 0.500. The molecule has 2 rings (SSSR count). The molecular formula is C14H18ClNO2S. The normalized spacial score (nSPS) is 16.7. The van der Waals surface area contributed by atoms with Gasteiger partial charge in [0, 0.05) is 17.3 Å². The first-order chi connectivity index (χ1) is 9.07. The van der Waals surface area contributed by atoms with Crippen LogP contribution in [0.25, 0.3) is 0 Å². The predicted octanol–water partition coefficient (Wildman–Crippen LogP) is 2.60. The average molecular weight is 300 g/mol. The Bertz CT molecular complexity index is 432. The molecule has 1 aliphatic rings. The lowest BCUT2D eigenvalue weighted by atomic mass is 9.80. The minimum absolute atomic E-state index is 0.0145. The molecule has 3 nitrogen and oxygen atoms in total. The fourth-order valence-corrected chi connectivity index (χ4v) is 2.86. The maximum atomic E-state index is 11.6. The van der Waals surface area contributed by atoms with E-state index in [-0.39, 0.29) is 5.91 Å². The molecule has 1 aromatic rings. The van der Waals surface area contributed by atoms with Crippen molar-refractivity contribution in [2.75, 3.05) is 12.3 Å². The van der Waals surface area contributed by atoms with Crippen LogP contribution >= 0.6 is 23.4 Å². The van der Waals surface area contributed by atoms with Crippen LogP contribution in [0, 0.1) is 0 Å². The van der Waals surface area contributed by atoms with E-state index in [4.69, 9.17) is 11.6 Å². The number of hydrogen-bond acceptors (Lipinski definition) is 3. The maximum Gasteiger partial charge on any atom is 0.230 e. The van der Waals surface area contributed by atoms with Gasteiger partial charge >= 0.3 is 0 Å². The number of thioether (sulfide) groups is 1. The Labute approximate surface area is 122 Å². The van der Waals surface area contributed by atoms with Gasteiger partial charge in [-0.2, -0.15) is 0 Å². The number of carbonyl (C=O) groups excluding carboxylic acids is 1. The molecule has 19 heavy (non-hydrogen) atoms. The van der Waals surface area contributed by atoms with E-state index in [9.17, 15) is 9.90 Å². The molecule has 1 fully saturated rings. The lowest BCUT2D eigenvalue weighted by Crippen LogP contribution is -2.48. The third-order valence-corrected chi connectivity index (χ3v) is 4.57. The summed E-state index contributed by atoms with van der Waals surface area (Å²) in [6, 6.07) is 7.63. The van der Waals surface area contributed by atoms with Crippen LogP contribution in [0.4, 0.5) is 0 Å². The zero-order valence-electron chi connectivity index (χ0n) is 10.7. The Morgan fingerprint density at radius 1 is 1.37 bits per heavy atom. The van der Waals surface area contributed by atoms with E-state index >= 15 is 0 Å². The lowest BCUT2D eigenvalue weighted by Gasteiger charge is -2.36. The summed E-state index contributed by atoms with van der Waals surface area (Å²) in [6.07, 6.45) is 2.65. The highest BCUT2D eigenvalue weighted by Gasteiger charge is 2.34. The van der Waals surface area contributed by atoms with Crippen molar-refractivity contribution in [3.8, 4) is 0 Å². The van der Waals surface area contributed by atoms with Gasteiger partial charge in [-0.25, -0.2) is 0 Å². The van der Waals surface area contributed by atoms with E-state index in [1.807, 2.05) is 24.3 Å². The Morgan fingerprint density at radius 3 is 2.63 bits per heavy atom. The molecule has 0 spiro atoms. The van der Waals surface area contributed by atoms with Gasteiger partial charge in [0.05, 0.1) is 11.4 Å². The summed E-state index contributed by atoms with van der Waals surface area (Å²) in [5.74, 6) is 1.19. The highest BCUT2D eigenvalue weighted by atomic mass is 35.5. The van der Waals surface area contributed by atoms with E-state index in [1.54, 1.807) is 11.8 Å². The third kappa shape index (κ3) is 4.71. The molecular weight excluding hydrogens is 282 g/mol. The molecule has 0 radical (unpaired) electrons. The zero-order chi connectivity index (χ0) is 13.7. The van der Waals surface area contributed by atoms with Gasteiger partial charge in [0.15, 0.2) is 0 Å². The summed E-state index contributed by atoms with van der Waals surface area (Å²) in [7, 11) is 0. The number of benzene rings is 1. The number of rotatable bonds is 6. The summed E-state index contributed by atoms with van der Waals surface area (Å²) < 4.78 is 0. The molecule has 0 aromatic heterocycles. The average Bonchev–Trinajstić information content (AvgIpc) is 2.36. The van der Waals surface area contributed by atoms with Gasteiger partial charge in [-0.15, -0.1) is 11.8 Å². The van der Waals surface area contributed by atoms with Crippen LogP contribution in [0.3, 0.4) is 0 Å². The number of halogens is 1. The van der Waals surface area contributed by atoms with Gasteiger partial charge in [-0.3, -0.25) is 4.79 Å². The molecule has 1 aliphatic carbocycles. The van der Waals surface area contributed by atoms with Gasteiger partial charge in [0.1, 0.15) is 0 Å². The van der Waals surface area contributed by atoms with E-state index < -0.39 is 5.60 Å². The smallest absolute Gasteiger partial charge is 0.230 e. The number of hydrogen-bond donors (Lipinski definition) is 2. The van der Waals surface area contributed by atoms with Gasteiger partial charge in [0.2, 0.25) is 5.91 Å². The van der Waals surface area contributed by atoms with Crippen molar-refractivity contribution < 1.29 is 9.90 Å². The van der Waals surface area contributed by atoms with Crippen LogP contribution < -0.4 is 5.32 Å². The van der Waals surface area contributed by atoms with Crippen LogP contribution in [0.15, 0.2) is 24.3 Å². The predicted molar refractivity (Wildman–Crippen MR) is 79.4 cm³/mol.